The molecule has 1 fully saturated rings. The van der Waals surface area contributed by atoms with Gasteiger partial charge in [-0.1, -0.05) is 17.4 Å². The van der Waals surface area contributed by atoms with Crippen LogP contribution in [0.1, 0.15) is 29.8 Å². The first-order valence-electron chi connectivity index (χ1n) is 12.0. The predicted octanol–water partition coefficient (Wildman–Crippen LogP) is 4.39. The zero-order valence-electron chi connectivity index (χ0n) is 20.8. The Kier molecular flexibility index (Phi) is 8.43. The maximum atomic E-state index is 13.9. The highest BCUT2D eigenvalue weighted by atomic mass is 32.1. The standard InChI is InChI=1S/C26H33N3O5S/c1-5-33-20-10-8-19(17-22(20)34-6-2)25(30)29(12-11-28-13-15-32-16-14-28)26-27-23-21(31-4)9-7-18(3)24(23)35-26/h7-10,17H,5-6,11-16H2,1-4H3. The summed E-state index contributed by atoms with van der Waals surface area (Å²) < 4.78 is 23.5. The van der Waals surface area contributed by atoms with E-state index in [4.69, 9.17) is 23.9 Å². The van der Waals surface area contributed by atoms with Gasteiger partial charge in [0.15, 0.2) is 16.6 Å². The number of aryl methyl sites for hydroxylation is 1. The fraction of sp³-hybridized carbons (Fsp3) is 0.462. The summed E-state index contributed by atoms with van der Waals surface area (Å²) in [5, 5.41) is 0.651. The molecule has 0 atom stereocenters. The molecular weight excluding hydrogens is 466 g/mol. The summed E-state index contributed by atoms with van der Waals surface area (Å²) in [7, 11) is 1.64. The molecule has 1 amide bonds. The largest absolute Gasteiger partial charge is 0.494 e. The molecule has 0 spiro atoms. The number of methoxy groups -OCH3 is 1. The number of rotatable bonds is 10. The van der Waals surface area contributed by atoms with E-state index in [2.05, 4.69) is 4.90 Å². The molecule has 9 heteroatoms. The van der Waals surface area contributed by atoms with E-state index < -0.39 is 0 Å². The van der Waals surface area contributed by atoms with E-state index in [0.29, 0.717) is 60.9 Å². The number of aromatic nitrogens is 1. The molecule has 3 aromatic rings. The van der Waals surface area contributed by atoms with Gasteiger partial charge in [-0.15, -0.1) is 0 Å². The molecule has 2 heterocycles. The maximum absolute atomic E-state index is 13.9. The number of ether oxygens (including phenoxy) is 4. The number of fused-ring (bicyclic) bond motifs is 1. The fourth-order valence-electron chi connectivity index (χ4n) is 4.07. The van der Waals surface area contributed by atoms with Gasteiger partial charge < -0.3 is 18.9 Å². The molecule has 0 unspecified atom stereocenters. The molecular formula is C26H33N3O5S. The lowest BCUT2D eigenvalue weighted by atomic mass is 10.1. The molecule has 8 nitrogen and oxygen atoms in total. The summed E-state index contributed by atoms with van der Waals surface area (Å²) in [5.41, 5.74) is 2.41. The molecule has 35 heavy (non-hydrogen) atoms. The quantitative estimate of drug-likeness (QED) is 0.410. The third kappa shape index (κ3) is 5.69. The van der Waals surface area contributed by atoms with Gasteiger partial charge in [-0.05, 0) is 50.6 Å². The van der Waals surface area contributed by atoms with Gasteiger partial charge in [-0.25, -0.2) is 4.98 Å². The summed E-state index contributed by atoms with van der Waals surface area (Å²) in [4.78, 5) is 22.8. The average molecular weight is 500 g/mol. The average Bonchev–Trinajstić information content (AvgIpc) is 3.32. The van der Waals surface area contributed by atoms with Crippen molar-refractivity contribution in [2.75, 3.05) is 64.6 Å². The zero-order chi connectivity index (χ0) is 24.8. The molecule has 0 aliphatic carbocycles. The second-order valence-electron chi connectivity index (χ2n) is 8.20. The van der Waals surface area contributed by atoms with Gasteiger partial charge in [-0.3, -0.25) is 14.6 Å². The van der Waals surface area contributed by atoms with Gasteiger partial charge >= 0.3 is 0 Å². The number of morpholine rings is 1. The summed E-state index contributed by atoms with van der Waals surface area (Å²) in [6.45, 7) is 11.3. The zero-order valence-corrected chi connectivity index (χ0v) is 21.7. The van der Waals surface area contributed by atoms with Crippen molar-refractivity contribution < 1.29 is 23.7 Å². The first kappa shape index (κ1) is 25.2. The van der Waals surface area contributed by atoms with Crippen molar-refractivity contribution >= 4 is 32.6 Å². The monoisotopic (exact) mass is 499 g/mol. The molecule has 2 aromatic carbocycles. The van der Waals surface area contributed by atoms with Crippen LogP contribution in [0.3, 0.4) is 0 Å². The van der Waals surface area contributed by atoms with Gasteiger partial charge in [0.1, 0.15) is 11.3 Å². The van der Waals surface area contributed by atoms with Gasteiger partial charge in [0.2, 0.25) is 0 Å². The molecule has 0 N–H and O–H groups in total. The second kappa shape index (κ2) is 11.7. The number of benzene rings is 2. The van der Waals surface area contributed by atoms with E-state index >= 15 is 0 Å². The topological polar surface area (TPSA) is 73.4 Å². The Morgan fingerprint density at radius 1 is 1.09 bits per heavy atom. The summed E-state index contributed by atoms with van der Waals surface area (Å²) >= 11 is 1.51. The van der Waals surface area contributed by atoms with E-state index in [9.17, 15) is 4.79 Å². The van der Waals surface area contributed by atoms with Crippen LogP contribution in [0.4, 0.5) is 5.13 Å². The Labute approximate surface area is 210 Å². The van der Waals surface area contributed by atoms with Crippen LogP contribution in [0, 0.1) is 6.92 Å². The first-order chi connectivity index (χ1) is 17.0. The van der Waals surface area contributed by atoms with Crippen molar-refractivity contribution in [2.45, 2.75) is 20.8 Å². The number of thiazole rings is 1. The van der Waals surface area contributed by atoms with Gasteiger partial charge in [-0.2, -0.15) is 0 Å². The summed E-state index contributed by atoms with van der Waals surface area (Å²) in [6, 6.07) is 9.29. The number of carbonyl (C=O) groups is 1. The number of anilines is 1. The van der Waals surface area contributed by atoms with E-state index in [-0.39, 0.29) is 5.91 Å². The number of carbonyl (C=O) groups excluding carboxylic acids is 1. The summed E-state index contributed by atoms with van der Waals surface area (Å²) in [6.07, 6.45) is 0. The third-order valence-corrected chi connectivity index (χ3v) is 7.14. The molecule has 0 bridgehead atoms. The van der Waals surface area contributed by atoms with E-state index in [1.807, 2.05) is 32.9 Å². The van der Waals surface area contributed by atoms with Crippen molar-refractivity contribution in [3.63, 3.8) is 0 Å². The van der Waals surface area contributed by atoms with Crippen molar-refractivity contribution in [1.29, 1.82) is 0 Å². The lowest BCUT2D eigenvalue weighted by Gasteiger charge is -2.29. The Hall–Kier alpha value is -2.88. The second-order valence-corrected chi connectivity index (χ2v) is 9.17. The van der Waals surface area contributed by atoms with Gasteiger partial charge in [0.05, 0.1) is 38.2 Å². The van der Waals surface area contributed by atoms with Crippen molar-refractivity contribution in [3.8, 4) is 17.2 Å². The number of hydrogen-bond acceptors (Lipinski definition) is 8. The Morgan fingerprint density at radius 3 is 2.51 bits per heavy atom. The van der Waals surface area contributed by atoms with Crippen molar-refractivity contribution in [1.82, 2.24) is 9.88 Å². The minimum absolute atomic E-state index is 0.127. The highest BCUT2D eigenvalue weighted by molar-refractivity contribution is 7.22. The fourth-order valence-corrected chi connectivity index (χ4v) is 5.14. The smallest absolute Gasteiger partial charge is 0.260 e. The molecule has 188 valence electrons. The van der Waals surface area contributed by atoms with Crippen LogP contribution in [-0.2, 0) is 4.74 Å². The molecule has 1 aromatic heterocycles. The number of hydrogen-bond donors (Lipinski definition) is 0. The van der Waals surface area contributed by atoms with Gasteiger partial charge in [0, 0.05) is 31.7 Å². The number of amides is 1. The predicted molar refractivity (Wildman–Crippen MR) is 139 cm³/mol. The third-order valence-electron chi connectivity index (χ3n) is 5.92. The lowest BCUT2D eigenvalue weighted by Crippen LogP contribution is -2.43. The Balaban J connectivity index is 1.70. The molecule has 0 saturated carbocycles. The maximum Gasteiger partial charge on any atom is 0.260 e. The van der Waals surface area contributed by atoms with E-state index in [1.165, 1.54) is 11.3 Å². The van der Waals surface area contributed by atoms with Crippen LogP contribution < -0.4 is 19.1 Å². The highest BCUT2D eigenvalue weighted by Crippen LogP contribution is 2.37. The molecule has 1 saturated heterocycles. The van der Waals surface area contributed by atoms with Crippen LogP contribution >= 0.6 is 11.3 Å². The number of nitrogens with zero attached hydrogens (tertiary/aromatic N) is 3. The highest BCUT2D eigenvalue weighted by Gasteiger charge is 2.25. The molecule has 1 aliphatic rings. The van der Waals surface area contributed by atoms with Crippen LogP contribution in [0.5, 0.6) is 17.2 Å². The normalized spacial score (nSPS) is 14.2. The van der Waals surface area contributed by atoms with Crippen LogP contribution in [0.25, 0.3) is 10.2 Å². The Bertz CT molecular complexity index is 1160. The van der Waals surface area contributed by atoms with Gasteiger partial charge in [0.25, 0.3) is 5.91 Å². The lowest BCUT2D eigenvalue weighted by molar-refractivity contribution is 0.0391. The van der Waals surface area contributed by atoms with Crippen molar-refractivity contribution in [3.05, 3.63) is 41.5 Å². The molecule has 0 radical (unpaired) electrons. The summed E-state index contributed by atoms with van der Waals surface area (Å²) in [5.74, 6) is 1.77. The van der Waals surface area contributed by atoms with Crippen LogP contribution in [0.15, 0.2) is 30.3 Å². The Morgan fingerprint density at radius 2 is 1.80 bits per heavy atom. The van der Waals surface area contributed by atoms with Crippen molar-refractivity contribution in [2.24, 2.45) is 0 Å². The van der Waals surface area contributed by atoms with Crippen LogP contribution in [0.2, 0.25) is 0 Å². The van der Waals surface area contributed by atoms with Crippen LogP contribution in [-0.4, -0.2) is 75.5 Å². The minimum atomic E-state index is -0.127. The molecule has 1 aliphatic heterocycles. The first-order valence-corrected chi connectivity index (χ1v) is 12.8. The molecule has 4 rings (SSSR count). The van der Waals surface area contributed by atoms with E-state index in [0.717, 1.165) is 35.4 Å². The SMILES string of the molecule is CCOc1ccc(C(=O)N(CCN2CCOCC2)c2nc3c(OC)ccc(C)c3s2)cc1OCC. The van der Waals surface area contributed by atoms with E-state index in [1.54, 1.807) is 30.2 Å². The minimum Gasteiger partial charge on any atom is -0.494 e.